The van der Waals surface area contributed by atoms with Gasteiger partial charge in [0.2, 0.25) is 0 Å². The van der Waals surface area contributed by atoms with Gasteiger partial charge in [0, 0.05) is 20.8 Å². The molecule has 18 heavy (non-hydrogen) atoms. The second kappa shape index (κ2) is 6.62. The summed E-state index contributed by atoms with van der Waals surface area (Å²) in [5.41, 5.74) is 1.20. The quantitative estimate of drug-likeness (QED) is 0.841. The van der Waals surface area contributed by atoms with E-state index >= 15 is 0 Å². The van der Waals surface area contributed by atoms with Crippen molar-refractivity contribution in [3.8, 4) is 0 Å². The lowest BCUT2D eigenvalue weighted by Crippen LogP contribution is -2.04. The van der Waals surface area contributed by atoms with Crippen LogP contribution in [0.25, 0.3) is 0 Å². The summed E-state index contributed by atoms with van der Waals surface area (Å²) in [6.45, 7) is 0.835. The van der Waals surface area contributed by atoms with Gasteiger partial charge >= 0.3 is 0 Å². The van der Waals surface area contributed by atoms with E-state index in [4.69, 9.17) is 11.6 Å². The third-order valence-corrected chi connectivity index (χ3v) is 4.38. The number of nitrogens with one attached hydrogen (secondary N) is 1. The summed E-state index contributed by atoms with van der Waals surface area (Å²) in [6.07, 6.45) is 0. The molecule has 2 aromatic carbocycles. The molecule has 4 heteroatoms. The molecule has 0 aromatic heterocycles. The highest BCUT2D eigenvalue weighted by Crippen LogP contribution is 2.34. The first-order valence-corrected chi connectivity index (χ1v) is 7.54. The van der Waals surface area contributed by atoms with E-state index in [1.165, 1.54) is 10.5 Å². The van der Waals surface area contributed by atoms with Crippen LogP contribution < -0.4 is 5.32 Å². The molecular weight excluding hydrogens is 330 g/mol. The van der Waals surface area contributed by atoms with Crippen LogP contribution in [0.3, 0.4) is 0 Å². The molecule has 0 amide bonds. The highest BCUT2D eigenvalue weighted by atomic mass is 79.9. The Labute approximate surface area is 125 Å². The molecule has 0 aliphatic carbocycles. The van der Waals surface area contributed by atoms with Crippen LogP contribution in [-0.4, -0.2) is 7.05 Å². The second-order valence-corrected chi connectivity index (χ2v) is 6.29. The molecule has 94 valence electrons. The Morgan fingerprint density at radius 3 is 2.72 bits per heavy atom. The van der Waals surface area contributed by atoms with Crippen molar-refractivity contribution in [2.45, 2.75) is 16.3 Å². The zero-order chi connectivity index (χ0) is 13.0. The highest BCUT2D eigenvalue weighted by molar-refractivity contribution is 9.10. The molecular formula is C14H13BrClNS. The Bertz CT molecular complexity index is 545. The Balaban J connectivity index is 2.19. The molecule has 2 aromatic rings. The van der Waals surface area contributed by atoms with Gasteiger partial charge in [0.15, 0.2) is 0 Å². The molecule has 0 radical (unpaired) electrons. The lowest BCUT2D eigenvalue weighted by Gasteiger charge is -2.07. The third-order valence-electron chi connectivity index (χ3n) is 2.40. The largest absolute Gasteiger partial charge is 0.316 e. The van der Waals surface area contributed by atoms with Gasteiger partial charge in [-0.05, 0) is 42.9 Å². The molecule has 0 aliphatic rings. The first kappa shape index (κ1) is 13.9. The van der Waals surface area contributed by atoms with E-state index in [-0.39, 0.29) is 0 Å². The number of hydrogen-bond acceptors (Lipinski definition) is 2. The van der Waals surface area contributed by atoms with Gasteiger partial charge < -0.3 is 5.32 Å². The van der Waals surface area contributed by atoms with E-state index in [1.54, 1.807) is 11.8 Å². The topological polar surface area (TPSA) is 12.0 Å². The van der Waals surface area contributed by atoms with Gasteiger partial charge in [0.25, 0.3) is 0 Å². The summed E-state index contributed by atoms with van der Waals surface area (Å²) in [6, 6.07) is 14.4. The Morgan fingerprint density at radius 1 is 1.22 bits per heavy atom. The average Bonchev–Trinajstić information content (AvgIpc) is 2.33. The smallest absolute Gasteiger partial charge is 0.0548 e. The Kier molecular flexibility index (Phi) is 5.13. The number of benzene rings is 2. The van der Waals surface area contributed by atoms with Gasteiger partial charge in [0.1, 0.15) is 0 Å². The predicted octanol–water partition coefficient (Wildman–Crippen LogP) is 4.97. The van der Waals surface area contributed by atoms with E-state index in [0.29, 0.717) is 0 Å². The summed E-state index contributed by atoms with van der Waals surface area (Å²) in [5, 5.41) is 3.92. The van der Waals surface area contributed by atoms with E-state index in [2.05, 4.69) is 45.5 Å². The van der Waals surface area contributed by atoms with Crippen molar-refractivity contribution < 1.29 is 0 Å². The van der Waals surface area contributed by atoms with E-state index in [1.807, 2.05) is 25.2 Å². The fourth-order valence-corrected chi connectivity index (χ4v) is 3.35. The fraction of sp³-hybridized carbons (Fsp3) is 0.143. The second-order valence-electron chi connectivity index (χ2n) is 3.85. The van der Waals surface area contributed by atoms with Crippen LogP contribution in [0.4, 0.5) is 0 Å². The maximum absolute atomic E-state index is 6.29. The Morgan fingerprint density at radius 2 is 2.06 bits per heavy atom. The highest BCUT2D eigenvalue weighted by Gasteiger charge is 2.04. The zero-order valence-corrected chi connectivity index (χ0v) is 13.1. The van der Waals surface area contributed by atoms with E-state index < -0.39 is 0 Å². The summed E-state index contributed by atoms with van der Waals surface area (Å²) < 4.78 is 1.08. The number of hydrogen-bond donors (Lipinski definition) is 1. The fourth-order valence-electron chi connectivity index (χ4n) is 1.60. The van der Waals surface area contributed by atoms with Gasteiger partial charge in [0.05, 0.1) is 5.02 Å². The minimum absolute atomic E-state index is 0.799. The molecule has 0 bridgehead atoms. The van der Waals surface area contributed by atoms with Gasteiger partial charge in [-0.15, -0.1) is 0 Å². The van der Waals surface area contributed by atoms with E-state index in [0.717, 1.165) is 20.9 Å². The van der Waals surface area contributed by atoms with Gasteiger partial charge in [-0.25, -0.2) is 0 Å². The molecule has 1 N–H and O–H groups in total. The standard InChI is InChI=1S/C14H13BrClNS/c1-17-9-10-5-6-14(13(16)7-10)18-12-4-2-3-11(15)8-12/h2-8,17H,9H2,1H3. The SMILES string of the molecule is CNCc1ccc(Sc2cccc(Br)c2)c(Cl)c1. The van der Waals surface area contributed by atoms with Crippen molar-refractivity contribution in [2.24, 2.45) is 0 Å². The monoisotopic (exact) mass is 341 g/mol. The van der Waals surface area contributed by atoms with Gasteiger partial charge in [-0.1, -0.05) is 51.4 Å². The molecule has 0 unspecified atom stereocenters. The average molecular weight is 343 g/mol. The van der Waals surface area contributed by atoms with Crippen LogP contribution in [0.5, 0.6) is 0 Å². The summed E-state index contributed by atoms with van der Waals surface area (Å²) >= 11 is 11.4. The lowest BCUT2D eigenvalue weighted by molar-refractivity contribution is 0.817. The molecule has 1 nitrogen and oxygen atoms in total. The van der Waals surface area contributed by atoms with Crippen LogP contribution in [0.1, 0.15) is 5.56 Å². The first-order chi connectivity index (χ1) is 8.69. The van der Waals surface area contributed by atoms with Crippen LogP contribution >= 0.6 is 39.3 Å². The molecule has 0 saturated carbocycles. The van der Waals surface area contributed by atoms with Crippen molar-refractivity contribution in [1.29, 1.82) is 0 Å². The van der Waals surface area contributed by atoms with Gasteiger partial charge in [-0.2, -0.15) is 0 Å². The van der Waals surface area contributed by atoms with Crippen LogP contribution in [-0.2, 0) is 6.54 Å². The van der Waals surface area contributed by atoms with Crippen molar-refractivity contribution >= 4 is 39.3 Å². The number of rotatable bonds is 4. The predicted molar refractivity (Wildman–Crippen MR) is 82.5 cm³/mol. The summed E-state index contributed by atoms with van der Waals surface area (Å²) in [4.78, 5) is 2.25. The maximum Gasteiger partial charge on any atom is 0.0548 e. The van der Waals surface area contributed by atoms with Crippen LogP contribution in [0.15, 0.2) is 56.7 Å². The van der Waals surface area contributed by atoms with E-state index in [9.17, 15) is 0 Å². The third kappa shape index (κ3) is 3.75. The first-order valence-electron chi connectivity index (χ1n) is 5.55. The minimum Gasteiger partial charge on any atom is -0.316 e. The van der Waals surface area contributed by atoms with Crippen LogP contribution in [0.2, 0.25) is 5.02 Å². The normalized spacial score (nSPS) is 10.6. The molecule has 2 rings (SSSR count). The molecule has 0 heterocycles. The minimum atomic E-state index is 0.799. The molecule has 0 atom stereocenters. The van der Waals surface area contributed by atoms with Crippen molar-refractivity contribution in [1.82, 2.24) is 5.32 Å². The molecule has 0 saturated heterocycles. The summed E-state index contributed by atoms with van der Waals surface area (Å²) in [7, 11) is 1.93. The van der Waals surface area contributed by atoms with Crippen molar-refractivity contribution in [3.05, 3.63) is 57.5 Å². The van der Waals surface area contributed by atoms with Crippen molar-refractivity contribution in [3.63, 3.8) is 0 Å². The van der Waals surface area contributed by atoms with Crippen molar-refractivity contribution in [2.75, 3.05) is 7.05 Å². The van der Waals surface area contributed by atoms with Gasteiger partial charge in [-0.3, -0.25) is 0 Å². The molecule has 0 fully saturated rings. The molecule has 0 aliphatic heterocycles. The lowest BCUT2D eigenvalue weighted by atomic mass is 10.2. The number of halogens is 2. The summed E-state index contributed by atoms with van der Waals surface area (Å²) in [5.74, 6) is 0. The van der Waals surface area contributed by atoms with Crippen LogP contribution in [0, 0.1) is 0 Å². The maximum atomic E-state index is 6.29. The Hall–Kier alpha value is -0.480. The zero-order valence-electron chi connectivity index (χ0n) is 9.91. The molecule has 0 spiro atoms.